The van der Waals surface area contributed by atoms with Gasteiger partial charge in [-0.1, -0.05) is 24.3 Å². The van der Waals surface area contributed by atoms with Crippen LogP contribution in [0.15, 0.2) is 54.7 Å². The van der Waals surface area contributed by atoms with E-state index in [4.69, 9.17) is 4.74 Å². The molecule has 1 aromatic heterocycles. The number of carbonyl (C=O) groups is 2. The largest absolute Gasteiger partial charge is 0.451 e. The fraction of sp³-hybridized carbons (Fsp3) is 0.111. The van der Waals surface area contributed by atoms with Gasteiger partial charge in [0.2, 0.25) is 0 Å². The molecular weight excluding hydrogens is 325 g/mol. The molecule has 1 heterocycles. The van der Waals surface area contributed by atoms with Crippen LogP contribution in [-0.4, -0.2) is 28.5 Å². The van der Waals surface area contributed by atoms with Gasteiger partial charge in [0.25, 0.3) is 5.91 Å². The molecule has 0 atom stereocenters. The van der Waals surface area contributed by atoms with E-state index in [0.717, 1.165) is 5.56 Å². The summed E-state index contributed by atoms with van der Waals surface area (Å²) in [5.41, 5.74) is 2.00. The molecule has 1 N–H and O–H groups in total. The fourth-order valence-corrected chi connectivity index (χ4v) is 2.11. The number of hydrogen-bond donors (Lipinski definition) is 1. The van der Waals surface area contributed by atoms with Crippen LogP contribution in [0, 0.1) is 5.82 Å². The Morgan fingerprint density at radius 3 is 2.52 bits per heavy atom. The van der Waals surface area contributed by atoms with Gasteiger partial charge in [0.1, 0.15) is 5.82 Å². The highest BCUT2D eigenvalue weighted by Gasteiger charge is 2.13. The van der Waals surface area contributed by atoms with Gasteiger partial charge in [-0.25, -0.2) is 14.2 Å². The molecule has 2 aromatic carbocycles. The van der Waals surface area contributed by atoms with Crippen LogP contribution in [0.4, 0.5) is 4.39 Å². The van der Waals surface area contributed by atoms with E-state index >= 15 is 0 Å². The van der Waals surface area contributed by atoms with Crippen molar-refractivity contribution in [1.82, 2.24) is 15.3 Å². The molecule has 25 heavy (non-hydrogen) atoms. The van der Waals surface area contributed by atoms with Gasteiger partial charge >= 0.3 is 5.97 Å². The second kappa shape index (κ2) is 7.48. The third-order valence-corrected chi connectivity index (χ3v) is 3.39. The maximum absolute atomic E-state index is 12.8. The fourth-order valence-electron chi connectivity index (χ4n) is 2.11. The number of nitrogens with zero attached hydrogens (tertiary/aromatic N) is 2. The summed E-state index contributed by atoms with van der Waals surface area (Å²) in [5.74, 6) is -1.54. The predicted octanol–water partition coefficient (Wildman–Crippen LogP) is 2.24. The van der Waals surface area contributed by atoms with Gasteiger partial charge in [-0.15, -0.1) is 0 Å². The van der Waals surface area contributed by atoms with Crippen molar-refractivity contribution >= 4 is 22.9 Å². The van der Waals surface area contributed by atoms with Crippen LogP contribution in [-0.2, 0) is 16.1 Å². The Morgan fingerprint density at radius 1 is 1.04 bits per heavy atom. The third kappa shape index (κ3) is 4.35. The molecule has 0 unspecified atom stereocenters. The summed E-state index contributed by atoms with van der Waals surface area (Å²) < 4.78 is 17.7. The van der Waals surface area contributed by atoms with E-state index in [1.807, 2.05) is 6.07 Å². The van der Waals surface area contributed by atoms with Gasteiger partial charge in [-0.05, 0) is 29.8 Å². The molecule has 0 aliphatic carbocycles. The lowest BCUT2D eigenvalue weighted by atomic mass is 10.2. The first-order valence-electron chi connectivity index (χ1n) is 7.52. The molecule has 0 spiro atoms. The first-order valence-corrected chi connectivity index (χ1v) is 7.52. The standard InChI is InChI=1S/C18H14FN3O3/c19-13-7-5-12(6-8-13)9-21-17(23)11-25-18(24)16-10-20-14-3-1-2-4-15(14)22-16/h1-8,10H,9,11H2,(H,21,23). The lowest BCUT2D eigenvalue weighted by Gasteiger charge is -2.07. The molecule has 0 bridgehead atoms. The molecule has 0 saturated heterocycles. The molecule has 0 saturated carbocycles. The summed E-state index contributed by atoms with van der Waals surface area (Å²) in [6, 6.07) is 12.8. The second-order valence-electron chi connectivity index (χ2n) is 5.22. The van der Waals surface area contributed by atoms with Crippen molar-refractivity contribution in [3.8, 4) is 0 Å². The van der Waals surface area contributed by atoms with Crippen LogP contribution in [0.1, 0.15) is 16.1 Å². The SMILES string of the molecule is O=C(COC(=O)c1cnc2ccccc2n1)NCc1ccc(F)cc1. The first kappa shape index (κ1) is 16.5. The van der Waals surface area contributed by atoms with Crippen molar-refractivity contribution in [1.29, 1.82) is 0 Å². The number of ether oxygens (including phenoxy) is 1. The van der Waals surface area contributed by atoms with Crippen LogP contribution < -0.4 is 5.32 Å². The lowest BCUT2D eigenvalue weighted by Crippen LogP contribution is -2.28. The third-order valence-electron chi connectivity index (χ3n) is 3.39. The number of halogens is 1. The van der Waals surface area contributed by atoms with Crippen LogP contribution in [0.25, 0.3) is 11.0 Å². The highest BCUT2D eigenvalue weighted by atomic mass is 19.1. The number of fused-ring (bicyclic) bond motifs is 1. The van der Waals surface area contributed by atoms with Gasteiger partial charge in [-0.3, -0.25) is 9.78 Å². The summed E-state index contributed by atoms with van der Waals surface area (Å²) in [5, 5.41) is 2.58. The Balaban J connectivity index is 1.52. The number of para-hydroxylation sites is 2. The highest BCUT2D eigenvalue weighted by molar-refractivity contribution is 5.91. The second-order valence-corrected chi connectivity index (χ2v) is 5.22. The summed E-state index contributed by atoms with van der Waals surface area (Å²) in [7, 11) is 0. The average Bonchev–Trinajstić information content (AvgIpc) is 2.65. The molecular formula is C18H14FN3O3. The van der Waals surface area contributed by atoms with E-state index in [1.165, 1.54) is 18.3 Å². The van der Waals surface area contributed by atoms with Crippen molar-refractivity contribution < 1.29 is 18.7 Å². The van der Waals surface area contributed by atoms with Gasteiger partial charge in [-0.2, -0.15) is 0 Å². The molecule has 7 heteroatoms. The van der Waals surface area contributed by atoms with Crippen LogP contribution in [0.2, 0.25) is 0 Å². The normalized spacial score (nSPS) is 10.4. The van der Waals surface area contributed by atoms with Gasteiger partial charge in [0.15, 0.2) is 12.3 Å². The molecule has 3 aromatic rings. The Kier molecular flexibility index (Phi) is 4.94. The number of carbonyl (C=O) groups excluding carboxylic acids is 2. The Hall–Kier alpha value is -3.35. The van der Waals surface area contributed by atoms with E-state index in [1.54, 1.807) is 30.3 Å². The monoisotopic (exact) mass is 339 g/mol. The number of hydrogen-bond acceptors (Lipinski definition) is 5. The summed E-state index contributed by atoms with van der Waals surface area (Å²) >= 11 is 0. The minimum atomic E-state index is -0.727. The molecule has 0 fully saturated rings. The Labute approximate surface area is 142 Å². The van der Waals surface area contributed by atoms with Gasteiger partial charge < -0.3 is 10.1 Å². The number of amides is 1. The van der Waals surface area contributed by atoms with E-state index in [9.17, 15) is 14.0 Å². The highest BCUT2D eigenvalue weighted by Crippen LogP contribution is 2.09. The van der Waals surface area contributed by atoms with E-state index in [-0.39, 0.29) is 18.1 Å². The lowest BCUT2D eigenvalue weighted by molar-refractivity contribution is -0.124. The molecule has 0 radical (unpaired) electrons. The first-order chi connectivity index (χ1) is 12.1. The van der Waals surface area contributed by atoms with E-state index in [2.05, 4.69) is 15.3 Å². The number of esters is 1. The van der Waals surface area contributed by atoms with Crippen LogP contribution >= 0.6 is 0 Å². The Bertz CT molecular complexity index is 913. The Morgan fingerprint density at radius 2 is 1.76 bits per heavy atom. The minimum Gasteiger partial charge on any atom is -0.451 e. The van der Waals surface area contributed by atoms with Crippen molar-refractivity contribution in [2.75, 3.05) is 6.61 Å². The number of nitrogens with one attached hydrogen (secondary N) is 1. The van der Waals surface area contributed by atoms with Crippen LogP contribution in [0.5, 0.6) is 0 Å². The smallest absolute Gasteiger partial charge is 0.359 e. The molecule has 126 valence electrons. The molecule has 6 nitrogen and oxygen atoms in total. The average molecular weight is 339 g/mol. The number of benzene rings is 2. The molecule has 0 aliphatic rings. The number of aromatic nitrogens is 2. The minimum absolute atomic E-state index is 0.0324. The maximum Gasteiger partial charge on any atom is 0.359 e. The van der Waals surface area contributed by atoms with Crippen molar-refractivity contribution in [2.24, 2.45) is 0 Å². The zero-order valence-electron chi connectivity index (χ0n) is 13.1. The van der Waals surface area contributed by atoms with Gasteiger partial charge in [0, 0.05) is 6.54 Å². The van der Waals surface area contributed by atoms with E-state index < -0.39 is 18.5 Å². The van der Waals surface area contributed by atoms with Crippen molar-refractivity contribution in [3.63, 3.8) is 0 Å². The summed E-state index contributed by atoms with van der Waals surface area (Å²) in [4.78, 5) is 32.0. The molecule has 1 amide bonds. The van der Waals surface area contributed by atoms with Crippen molar-refractivity contribution in [3.05, 3.63) is 71.8 Å². The van der Waals surface area contributed by atoms with Gasteiger partial charge in [0.05, 0.1) is 17.2 Å². The molecule has 0 aliphatic heterocycles. The number of rotatable bonds is 5. The van der Waals surface area contributed by atoms with Crippen LogP contribution in [0.3, 0.4) is 0 Å². The zero-order chi connectivity index (χ0) is 17.6. The quantitative estimate of drug-likeness (QED) is 0.721. The summed E-state index contributed by atoms with van der Waals surface area (Å²) in [6.07, 6.45) is 1.31. The summed E-state index contributed by atoms with van der Waals surface area (Å²) in [6.45, 7) is -0.221. The van der Waals surface area contributed by atoms with E-state index in [0.29, 0.717) is 11.0 Å². The molecule has 3 rings (SSSR count). The zero-order valence-corrected chi connectivity index (χ0v) is 13.1. The van der Waals surface area contributed by atoms with Crippen molar-refractivity contribution in [2.45, 2.75) is 6.54 Å². The predicted molar refractivity (Wildman–Crippen MR) is 88.1 cm³/mol. The topological polar surface area (TPSA) is 81.2 Å². The maximum atomic E-state index is 12.8.